The van der Waals surface area contributed by atoms with Crippen LogP contribution in [0.1, 0.15) is 28.4 Å². The van der Waals surface area contributed by atoms with Gasteiger partial charge < -0.3 is 14.0 Å². The minimum absolute atomic E-state index is 0.240. The van der Waals surface area contributed by atoms with Crippen molar-refractivity contribution in [3.05, 3.63) is 112 Å². The molecule has 0 unspecified atom stereocenters. The van der Waals surface area contributed by atoms with E-state index in [-0.39, 0.29) is 12.5 Å². The maximum atomic E-state index is 12.8. The van der Waals surface area contributed by atoms with Gasteiger partial charge in [-0.15, -0.1) is 0 Å². The van der Waals surface area contributed by atoms with Gasteiger partial charge in [-0.25, -0.2) is 5.43 Å². The predicted octanol–water partition coefficient (Wildman–Crippen LogP) is 6.53. The van der Waals surface area contributed by atoms with Gasteiger partial charge in [-0.1, -0.05) is 53.5 Å². The van der Waals surface area contributed by atoms with Gasteiger partial charge in [0.1, 0.15) is 6.61 Å². The van der Waals surface area contributed by atoms with Gasteiger partial charge in [0.2, 0.25) is 0 Å². The van der Waals surface area contributed by atoms with Crippen LogP contribution in [0.5, 0.6) is 11.5 Å². The maximum absolute atomic E-state index is 12.8. The van der Waals surface area contributed by atoms with Crippen molar-refractivity contribution in [2.75, 3.05) is 6.61 Å². The number of halogens is 2. The summed E-state index contributed by atoms with van der Waals surface area (Å²) in [6.07, 6.45) is 5.26. The van der Waals surface area contributed by atoms with Crippen LogP contribution in [0.3, 0.4) is 0 Å². The normalized spacial score (nSPS) is 10.9. The van der Waals surface area contributed by atoms with Gasteiger partial charge in [0.25, 0.3) is 5.91 Å². The Morgan fingerprint density at radius 1 is 0.971 bits per heavy atom. The number of aromatic nitrogens is 1. The number of carbonyl (C=O) groups excluding carboxylic acids is 1. The maximum Gasteiger partial charge on any atom is 0.273 e. The van der Waals surface area contributed by atoms with Crippen molar-refractivity contribution in [3.63, 3.8) is 0 Å². The number of hydrogen-bond donors (Lipinski definition) is 1. The Morgan fingerprint density at radius 3 is 2.49 bits per heavy atom. The summed E-state index contributed by atoms with van der Waals surface area (Å²) in [5.41, 5.74) is 5.31. The van der Waals surface area contributed by atoms with Crippen molar-refractivity contribution in [1.29, 1.82) is 0 Å². The van der Waals surface area contributed by atoms with Gasteiger partial charge in [-0.3, -0.25) is 4.79 Å². The van der Waals surface area contributed by atoms with Gasteiger partial charge in [-0.2, -0.15) is 5.10 Å². The van der Waals surface area contributed by atoms with E-state index in [9.17, 15) is 4.79 Å². The topological polar surface area (TPSA) is 64.8 Å². The molecule has 1 heterocycles. The molecule has 0 fully saturated rings. The Morgan fingerprint density at radius 2 is 1.71 bits per heavy atom. The molecule has 0 spiro atoms. The summed E-state index contributed by atoms with van der Waals surface area (Å²) in [5.74, 6) is 0.550. The van der Waals surface area contributed by atoms with Crippen LogP contribution in [0.2, 0.25) is 10.0 Å². The van der Waals surface area contributed by atoms with E-state index in [1.807, 2.05) is 66.3 Å². The van der Waals surface area contributed by atoms with Crippen molar-refractivity contribution in [2.45, 2.75) is 13.5 Å². The van der Waals surface area contributed by atoms with Gasteiger partial charge >= 0.3 is 0 Å². The Labute approximate surface area is 213 Å². The van der Waals surface area contributed by atoms with Gasteiger partial charge in [-0.05, 0) is 55.0 Å². The number of ether oxygens (including phenoxy) is 2. The van der Waals surface area contributed by atoms with Crippen molar-refractivity contribution in [2.24, 2.45) is 5.10 Å². The van der Waals surface area contributed by atoms with E-state index >= 15 is 0 Å². The number of benzene rings is 3. The standard InChI is InChI=1S/C27H23Cl2N3O3/c1-2-34-25-16-19(15-23(29)26(25)35-18-20-9-3-5-11-22(20)28)17-30-31-27(33)21-10-4-6-12-24(21)32-13-7-8-14-32/h3-17H,2,18H2,1H3,(H,31,33)/b30-17-. The fourth-order valence-electron chi connectivity index (χ4n) is 3.44. The lowest BCUT2D eigenvalue weighted by atomic mass is 10.1. The zero-order chi connectivity index (χ0) is 24.6. The van der Waals surface area contributed by atoms with E-state index < -0.39 is 0 Å². The summed E-state index contributed by atoms with van der Waals surface area (Å²) in [7, 11) is 0. The number of hydrazone groups is 1. The van der Waals surface area contributed by atoms with Crippen molar-refractivity contribution in [1.82, 2.24) is 9.99 Å². The van der Waals surface area contributed by atoms with Crippen LogP contribution in [-0.2, 0) is 6.61 Å². The Balaban J connectivity index is 1.49. The van der Waals surface area contributed by atoms with Crippen LogP contribution in [-0.4, -0.2) is 23.3 Å². The van der Waals surface area contributed by atoms with E-state index in [4.69, 9.17) is 32.7 Å². The molecule has 0 aliphatic rings. The highest BCUT2D eigenvalue weighted by Gasteiger charge is 2.14. The Hall–Kier alpha value is -3.74. The van der Waals surface area contributed by atoms with E-state index in [2.05, 4.69) is 10.5 Å². The lowest BCUT2D eigenvalue weighted by Gasteiger charge is -2.15. The molecule has 8 heteroatoms. The molecule has 178 valence electrons. The second-order valence-electron chi connectivity index (χ2n) is 7.45. The van der Waals surface area contributed by atoms with Crippen LogP contribution in [0.4, 0.5) is 0 Å². The minimum atomic E-state index is -0.332. The third-order valence-electron chi connectivity index (χ3n) is 5.07. The summed E-state index contributed by atoms with van der Waals surface area (Å²) in [6, 6.07) is 22.0. The molecule has 1 N–H and O–H groups in total. The molecule has 0 saturated carbocycles. The molecule has 0 aliphatic heterocycles. The Kier molecular flexibility index (Phi) is 8.08. The smallest absolute Gasteiger partial charge is 0.273 e. The molecule has 6 nitrogen and oxygen atoms in total. The fraction of sp³-hybridized carbons (Fsp3) is 0.111. The van der Waals surface area contributed by atoms with Crippen LogP contribution in [0.25, 0.3) is 5.69 Å². The molecule has 0 saturated heterocycles. The van der Waals surface area contributed by atoms with Gasteiger partial charge in [0.05, 0.1) is 29.1 Å². The third-order valence-corrected chi connectivity index (χ3v) is 5.72. The largest absolute Gasteiger partial charge is 0.490 e. The lowest BCUT2D eigenvalue weighted by molar-refractivity contribution is 0.0955. The zero-order valence-electron chi connectivity index (χ0n) is 18.9. The van der Waals surface area contributed by atoms with Crippen molar-refractivity contribution < 1.29 is 14.3 Å². The first-order valence-corrected chi connectivity index (χ1v) is 11.7. The molecule has 1 amide bonds. The van der Waals surface area contributed by atoms with Crippen LogP contribution < -0.4 is 14.9 Å². The van der Waals surface area contributed by atoms with E-state index in [0.29, 0.717) is 39.3 Å². The number of nitrogens with one attached hydrogen (secondary N) is 1. The molecule has 1 aromatic heterocycles. The molecule has 0 aliphatic carbocycles. The number of para-hydroxylation sites is 1. The second kappa shape index (κ2) is 11.6. The summed E-state index contributed by atoms with van der Waals surface area (Å²) in [4.78, 5) is 12.8. The summed E-state index contributed by atoms with van der Waals surface area (Å²) in [5, 5.41) is 5.08. The summed E-state index contributed by atoms with van der Waals surface area (Å²) >= 11 is 12.7. The second-order valence-corrected chi connectivity index (χ2v) is 8.26. The van der Waals surface area contributed by atoms with Crippen molar-refractivity contribution >= 4 is 35.3 Å². The molecule has 35 heavy (non-hydrogen) atoms. The molecule has 4 rings (SSSR count). The van der Waals surface area contributed by atoms with E-state index in [1.54, 1.807) is 30.3 Å². The monoisotopic (exact) mass is 507 g/mol. The SMILES string of the molecule is CCOc1cc(/C=N\NC(=O)c2ccccc2-n2cccc2)cc(Cl)c1OCc1ccccc1Cl. The summed E-state index contributed by atoms with van der Waals surface area (Å²) in [6.45, 7) is 2.53. The highest BCUT2D eigenvalue weighted by molar-refractivity contribution is 6.32. The average molecular weight is 508 g/mol. The van der Waals surface area contributed by atoms with Gasteiger partial charge in [0, 0.05) is 23.0 Å². The van der Waals surface area contributed by atoms with Crippen LogP contribution in [0.15, 0.2) is 90.3 Å². The predicted molar refractivity (Wildman–Crippen MR) is 139 cm³/mol. The van der Waals surface area contributed by atoms with E-state index in [1.165, 1.54) is 6.21 Å². The first kappa shape index (κ1) is 24.4. The lowest BCUT2D eigenvalue weighted by Crippen LogP contribution is -2.19. The molecule has 0 radical (unpaired) electrons. The highest BCUT2D eigenvalue weighted by atomic mass is 35.5. The van der Waals surface area contributed by atoms with Crippen LogP contribution in [0, 0.1) is 0 Å². The molecular weight excluding hydrogens is 485 g/mol. The van der Waals surface area contributed by atoms with Gasteiger partial charge in [0.15, 0.2) is 11.5 Å². The van der Waals surface area contributed by atoms with Crippen LogP contribution >= 0.6 is 23.2 Å². The molecule has 0 bridgehead atoms. The first-order valence-electron chi connectivity index (χ1n) is 10.9. The number of carbonyl (C=O) groups is 1. The molecule has 3 aromatic carbocycles. The number of rotatable bonds is 9. The van der Waals surface area contributed by atoms with Crippen molar-refractivity contribution in [3.8, 4) is 17.2 Å². The molecule has 4 aromatic rings. The molecular formula is C27H23Cl2N3O3. The fourth-order valence-corrected chi connectivity index (χ4v) is 3.91. The zero-order valence-corrected chi connectivity index (χ0v) is 20.5. The third kappa shape index (κ3) is 6.04. The number of amides is 1. The average Bonchev–Trinajstić information content (AvgIpc) is 3.40. The number of nitrogens with zero attached hydrogens (tertiary/aromatic N) is 2. The number of hydrogen-bond acceptors (Lipinski definition) is 4. The quantitative estimate of drug-likeness (QED) is 0.207. The minimum Gasteiger partial charge on any atom is -0.490 e. The first-order chi connectivity index (χ1) is 17.1. The molecule has 0 atom stereocenters. The summed E-state index contributed by atoms with van der Waals surface area (Å²) < 4.78 is 13.5. The van der Waals surface area contributed by atoms with E-state index in [0.717, 1.165) is 11.3 Å². The Bertz CT molecular complexity index is 1340. The highest BCUT2D eigenvalue weighted by Crippen LogP contribution is 2.37.